The lowest BCUT2D eigenvalue weighted by Gasteiger charge is -2.13. The molecule has 0 spiro atoms. The van der Waals surface area contributed by atoms with Crippen molar-refractivity contribution < 1.29 is 18.8 Å². The van der Waals surface area contributed by atoms with Crippen molar-refractivity contribution in [1.82, 2.24) is 0 Å². The fourth-order valence-electron chi connectivity index (χ4n) is 2.53. The number of rotatable bonds is 8. The van der Waals surface area contributed by atoms with Crippen LogP contribution in [0.15, 0.2) is 70.2 Å². The van der Waals surface area contributed by atoms with Crippen molar-refractivity contribution in [2.45, 2.75) is 6.61 Å². The van der Waals surface area contributed by atoms with Gasteiger partial charge in [-0.1, -0.05) is 18.2 Å². The number of hydrazone groups is 1. The van der Waals surface area contributed by atoms with Gasteiger partial charge in [0, 0.05) is 27.7 Å². The number of nitro benzene ring substituents is 1. The van der Waals surface area contributed by atoms with Gasteiger partial charge in [-0.3, -0.25) is 15.5 Å². The van der Waals surface area contributed by atoms with Crippen LogP contribution in [0.2, 0.25) is 0 Å². The lowest BCUT2D eigenvalue weighted by atomic mass is 10.2. The number of nitrogens with one attached hydrogen (secondary N) is 1. The van der Waals surface area contributed by atoms with E-state index >= 15 is 0 Å². The summed E-state index contributed by atoms with van der Waals surface area (Å²) >= 11 is 3.46. The minimum atomic E-state index is -0.466. The number of nitro groups is 1. The quantitative estimate of drug-likeness (QED) is 0.264. The molecular weight excluding hydrogens is 457 g/mol. The second-order valence-corrected chi connectivity index (χ2v) is 6.93. The molecule has 0 aliphatic rings. The van der Waals surface area contributed by atoms with E-state index in [1.54, 1.807) is 48.7 Å². The van der Waals surface area contributed by atoms with Gasteiger partial charge < -0.3 is 9.47 Å². The van der Waals surface area contributed by atoms with Crippen LogP contribution in [0.1, 0.15) is 11.1 Å². The molecule has 0 heterocycles. The summed E-state index contributed by atoms with van der Waals surface area (Å²) in [7, 11) is 1.51. The third-order valence-electron chi connectivity index (χ3n) is 4.10. The molecule has 1 N–H and O–H groups in total. The smallest absolute Gasteiger partial charge is 0.269 e. The van der Waals surface area contributed by atoms with Gasteiger partial charge in [0.1, 0.15) is 12.4 Å². The summed E-state index contributed by atoms with van der Waals surface area (Å²) in [6, 6.07) is 15.7. The summed E-state index contributed by atoms with van der Waals surface area (Å²) in [5, 5.41) is 14.8. The molecule has 0 unspecified atom stereocenters. The maximum atomic E-state index is 13.8. The highest BCUT2D eigenvalue weighted by Gasteiger charge is 2.11. The molecule has 3 aromatic carbocycles. The van der Waals surface area contributed by atoms with Gasteiger partial charge in [-0.15, -0.1) is 0 Å². The highest BCUT2D eigenvalue weighted by molar-refractivity contribution is 9.10. The van der Waals surface area contributed by atoms with E-state index in [1.165, 1.54) is 25.3 Å². The van der Waals surface area contributed by atoms with E-state index < -0.39 is 4.92 Å². The molecule has 0 aliphatic heterocycles. The first kappa shape index (κ1) is 21.3. The maximum absolute atomic E-state index is 13.8. The average molecular weight is 474 g/mol. The fraction of sp³-hybridized carbons (Fsp3) is 0.0952. The summed E-state index contributed by atoms with van der Waals surface area (Å²) in [4.78, 5) is 10.2. The molecule has 154 valence electrons. The van der Waals surface area contributed by atoms with Crippen LogP contribution < -0.4 is 14.9 Å². The number of hydrogen-bond donors (Lipinski definition) is 1. The van der Waals surface area contributed by atoms with Crippen LogP contribution in [0.25, 0.3) is 0 Å². The Morgan fingerprint density at radius 1 is 1.17 bits per heavy atom. The van der Waals surface area contributed by atoms with Gasteiger partial charge in [-0.05, 0) is 46.3 Å². The van der Waals surface area contributed by atoms with Crippen molar-refractivity contribution >= 4 is 33.5 Å². The molecule has 9 heteroatoms. The first-order valence-corrected chi connectivity index (χ1v) is 9.54. The van der Waals surface area contributed by atoms with E-state index in [0.29, 0.717) is 32.8 Å². The van der Waals surface area contributed by atoms with Crippen LogP contribution in [-0.2, 0) is 6.61 Å². The Morgan fingerprint density at radius 3 is 2.57 bits per heavy atom. The van der Waals surface area contributed by atoms with Crippen LogP contribution in [0, 0.1) is 15.9 Å². The van der Waals surface area contributed by atoms with Gasteiger partial charge in [-0.2, -0.15) is 5.10 Å². The minimum Gasteiger partial charge on any atom is -0.493 e. The largest absolute Gasteiger partial charge is 0.493 e. The Kier molecular flexibility index (Phi) is 6.97. The summed E-state index contributed by atoms with van der Waals surface area (Å²) < 4.78 is 25.6. The molecule has 0 saturated heterocycles. The Balaban J connectivity index is 1.70. The number of anilines is 1. The number of methoxy groups -OCH3 is 1. The van der Waals surface area contributed by atoms with Crippen molar-refractivity contribution in [3.63, 3.8) is 0 Å². The van der Waals surface area contributed by atoms with Crippen LogP contribution in [-0.4, -0.2) is 18.2 Å². The normalized spacial score (nSPS) is 10.8. The predicted octanol–water partition coefficient (Wildman–Crippen LogP) is 5.53. The first-order valence-electron chi connectivity index (χ1n) is 8.75. The van der Waals surface area contributed by atoms with E-state index in [1.807, 2.05) is 0 Å². The second-order valence-electron chi connectivity index (χ2n) is 6.08. The molecule has 0 saturated carbocycles. The topological polar surface area (TPSA) is 86.0 Å². The zero-order valence-corrected chi connectivity index (χ0v) is 17.4. The molecule has 0 amide bonds. The number of nitrogens with zero attached hydrogens (tertiary/aromatic N) is 2. The minimum absolute atomic E-state index is 0.00276. The van der Waals surface area contributed by atoms with Gasteiger partial charge in [0.25, 0.3) is 5.69 Å². The third kappa shape index (κ3) is 5.32. The van der Waals surface area contributed by atoms with Crippen molar-refractivity contribution in [2.24, 2.45) is 5.10 Å². The zero-order valence-electron chi connectivity index (χ0n) is 15.8. The Bertz CT molecular complexity index is 1070. The van der Waals surface area contributed by atoms with Gasteiger partial charge in [0.2, 0.25) is 0 Å². The maximum Gasteiger partial charge on any atom is 0.269 e. The number of non-ortho nitro benzene ring substituents is 1. The lowest BCUT2D eigenvalue weighted by Crippen LogP contribution is -2.01. The molecular formula is C21H17BrFN3O4. The van der Waals surface area contributed by atoms with Gasteiger partial charge >= 0.3 is 0 Å². The van der Waals surface area contributed by atoms with E-state index in [-0.39, 0.29) is 18.1 Å². The average Bonchev–Trinajstić information content (AvgIpc) is 2.74. The van der Waals surface area contributed by atoms with Gasteiger partial charge in [-0.25, -0.2) is 4.39 Å². The first-order chi connectivity index (χ1) is 14.5. The number of hydrogen-bond acceptors (Lipinski definition) is 6. The van der Waals surface area contributed by atoms with Crippen molar-refractivity contribution in [1.29, 1.82) is 0 Å². The predicted molar refractivity (Wildman–Crippen MR) is 116 cm³/mol. The molecule has 3 aromatic rings. The molecule has 3 rings (SSSR count). The summed E-state index contributed by atoms with van der Waals surface area (Å²) in [5.41, 5.74) is 4.55. The Labute approximate surface area is 180 Å². The Morgan fingerprint density at radius 2 is 1.90 bits per heavy atom. The number of benzene rings is 3. The molecule has 0 radical (unpaired) electrons. The van der Waals surface area contributed by atoms with Crippen molar-refractivity contribution in [3.05, 3.63) is 92.2 Å². The summed E-state index contributed by atoms with van der Waals surface area (Å²) in [6.45, 7) is 0.0601. The van der Waals surface area contributed by atoms with Gasteiger partial charge in [0.15, 0.2) is 11.5 Å². The summed E-state index contributed by atoms with van der Waals surface area (Å²) in [6.07, 6.45) is 1.56. The SMILES string of the molecule is COc1cc(/C=N/Nc2ccc([N+](=O)[O-])cc2)c(Br)cc1OCc1ccccc1F. The molecule has 0 atom stereocenters. The third-order valence-corrected chi connectivity index (χ3v) is 4.79. The standard InChI is InChI=1S/C21H17BrFN3O4/c1-29-20-10-15(12-24-25-16-6-8-17(9-7-16)26(27)28)18(22)11-21(20)30-13-14-4-2-3-5-19(14)23/h2-12,25H,13H2,1H3/b24-12+. The lowest BCUT2D eigenvalue weighted by molar-refractivity contribution is -0.384. The van der Waals surface area contributed by atoms with Gasteiger partial charge in [0.05, 0.1) is 23.9 Å². The molecule has 0 aliphatic carbocycles. The monoisotopic (exact) mass is 473 g/mol. The molecule has 7 nitrogen and oxygen atoms in total. The van der Waals surface area contributed by atoms with Crippen molar-refractivity contribution in [2.75, 3.05) is 12.5 Å². The molecule has 0 bridgehead atoms. The molecule has 0 aromatic heterocycles. The van der Waals surface area contributed by atoms with Crippen molar-refractivity contribution in [3.8, 4) is 11.5 Å². The van der Waals surface area contributed by atoms with E-state index in [2.05, 4.69) is 26.5 Å². The van der Waals surface area contributed by atoms with Crippen LogP contribution >= 0.6 is 15.9 Å². The number of ether oxygens (including phenoxy) is 2. The zero-order chi connectivity index (χ0) is 21.5. The fourth-order valence-corrected chi connectivity index (χ4v) is 2.95. The highest BCUT2D eigenvalue weighted by Crippen LogP contribution is 2.33. The van der Waals surface area contributed by atoms with Crippen LogP contribution in [0.3, 0.4) is 0 Å². The van der Waals surface area contributed by atoms with E-state index in [4.69, 9.17) is 9.47 Å². The Hall–Kier alpha value is -3.46. The van der Waals surface area contributed by atoms with E-state index in [0.717, 1.165) is 0 Å². The van der Waals surface area contributed by atoms with Crippen LogP contribution in [0.5, 0.6) is 11.5 Å². The summed E-state index contributed by atoms with van der Waals surface area (Å²) in [5.74, 6) is 0.580. The number of halogens is 2. The second kappa shape index (κ2) is 9.84. The van der Waals surface area contributed by atoms with Crippen LogP contribution in [0.4, 0.5) is 15.8 Å². The van der Waals surface area contributed by atoms with E-state index in [9.17, 15) is 14.5 Å². The highest BCUT2D eigenvalue weighted by atomic mass is 79.9. The molecule has 0 fully saturated rings. The molecule has 30 heavy (non-hydrogen) atoms.